The maximum Gasteiger partial charge on any atom is 0.166 e. The van der Waals surface area contributed by atoms with Crippen molar-refractivity contribution < 1.29 is 4.79 Å². The van der Waals surface area contributed by atoms with Crippen molar-refractivity contribution in [1.82, 2.24) is 4.90 Å². The van der Waals surface area contributed by atoms with Crippen LogP contribution in [-0.4, -0.2) is 22.8 Å². The summed E-state index contributed by atoms with van der Waals surface area (Å²) >= 11 is 0. The Hall–Kier alpha value is -1.93. The standard InChI is InChI=1S/C24H29NO/c1-17-11-12-23(18(2)13-17)24(26)20-14-21-9-6-10-22(15-20)25(21)16-19-7-4-3-5-8-19/h3-5,7-8,11-13,20-22H,6,9-10,14-16H2,1-2H3. The molecule has 2 aromatic carbocycles. The van der Waals surface area contributed by atoms with E-state index in [1.165, 1.54) is 30.4 Å². The van der Waals surface area contributed by atoms with E-state index in [0.29, 0.717) is 17.9 Å². The summed E-state index contributed by atoms with van der Waals surface area (Å²) in [6, 6.07) is 18.2. The Bertz CT molecular complexity index is 768. The molecule has 0 aromatic heterocycles. The number of fused-ring (bicyclic) bond motifs is 2. The van der Waals surface area contributed by atoms with Crippen LogP contribution >= 0.6 is 0 Å². The fraction of sp³-hybridized carbons (Fsp3) is 0.458. The van der Waals surface area contributed by atoms with Gasteiger partial charge in [0.05, 0.1) is 0 Å². The summed E-state index contributed by atoms with van der Waals surface area (Å²) in [6.45, 7) is 5.19. The van der Waals surface area contributed by atoms with E-state index in [9.17, 15) is 4.79 Å². The normalized spacial score (nSPS) is 25.8. The minimum atomic E-state index is 0.193. The molecule has 2 heteroatoms. The van der Waals surface area contributed by atoms with Crippen LogP contribution < -0.4 is 0 Å². The Labute approximate surface area is 157 Å². The van der Waals surface area contributed by atoms with Gasteiger partial charge >= 0.3 is 0 Å². The van der Waals surface area contributed by atoms with E-state index >= 15 is 0 Å². The zero-order chi connectivity index (χ0) is 18.1. The van der Waals surface area contributed by atoms with Gasteiger partial charge < -0.3 is 0 Å². The van der Waals surface area contributed by atoms with Gasteiger partial charge in [0.25, 0.3) is 0 Å². The minimum absolute atomic E-state index is 0.193. The van der Waals surface area contributed by atoms with Crippen molar-refractivity contribution in [3.63, 3.8) is 0 Å². The number of Topliss-reactive ketones (excluding diaryl/α,β-unsaturated/α-hetero) is 1. The highest BCUT2D eigenvalue weighted by Crippen LogP contribution is 2.39. The number of hydrogen-bond donors (Lipinski definition) is 0. The van der Waals surface area contributed by atoms with Crippen molar-refractivity contribution in [3.8, 4) is 0 Å². The number of aryl methyl sites for hydroxylation is 2. The number of carbonyl (C=O) groups excluding carboxylic acids is 1. The molecule has 2 nitrogen and oxygen atoms in total. The predicted octanol–water partition coefficient (Wildman–Crippen LogP) is 5.32. The van der Waals surface area contributed by atoms with E-state index in [0.717, 1.165) is 30.5 Å². The maximum atomic E-state index is 13.2. The summed E-state index contributed by atoms with van der Waals surface area (Å²) in [5.74, 6) is 0.567. The van der Waals surface area contributed by atoms with Crippen LogP contribution in [0, 0.1) is 19.8 Å². The fourth-order valence-electron chi connectivity index (χ4n) is 5.05. The summed E-state index contributed by atoms with van der Waals surface area (Å²) in [6.07, 6.45) is 5.83. The third kappa shape index (κ3) is 3.48. The Morgan fingerprint density at radius 2 is 1.69 bits per heavy atom. The van der Waals surface area contributed by atoms with E-state index in [1.54, 1.807) is 0 Å². The molecule has 2 unspecified atom stereocenters. The van der Waals surface area contributed by atoms with Crippen LogP contribution in [0.5, 0.6) is 0 Å². The Morgan fingerprint density at radius 1 is 1.00 bits per heavy atom. The molecule has 26 heavy (non-hydrogen) atoms. The number of rotatable bonds is 4. The van der Waals surface area contributed by atoms with Gasteiger partial charge in [0.15, 0.2) is 5.78 Å². The van der Waals surface area contributed by atoms with Crippen molar-refractivity contribution in [1.29, 1.82) is 0 Å². The lowest BCUT2D eigenvalue weighted by atomic mass is 9.75. The Kier molecular flexibility index (Phi) is 4.95. The highest BCUT2D eigenvalue weighted by Gasteiger charge is 2.40. The predicted molar refractivity (Wildman–Crippen MR) is 106 cm³/mol. The van der Waals surface area contributed by atoms with Crippen LogP contribution in [0.25, 0.3) is 0 Å². The minimum Gasteiger partial charge on any atom is -0.294 e. The van der Waals surface area contributed by atoms with Crippen LogP contribution in [0.3, 0.4) is 0 Å². The number of ketones is 1. The summed E-state index contributed by atoms with van der Waals surface area (Å²) < 4.78 is 0. The molecule has 136 valence electrons. The zero-order valence-corrected chi connectivity index (χ0v) is 15.9. The molecule has 0 saturated carbocycles. The van der Waals surface area contributed by atoms with Crippen molar-refractivity contribution >= 4 is 5.78 Å². The molecule has 0 N–H and O–H groups in total. The molecule has 0 spiro atoms. The van der Waals surface area contributed by atoms with E-state index < -0.39 is 0 Å². The van der Waals surface area contributed by atoms with Crippen LogP contribution in [0.4, 0.5) is 0 Å². The Morgan fingerprint density at radius 3 is 2.35 bits per heavy atom. The topological polar surface area (TPSA) is 20.3 Å². The first-order valence-corrected chi connectivity index (χ1v) is 10.0. The second-order valence-electron chi connectivity index (χ2n) is 8.25. The van der Waals surface area contributed by atoms with Gasteiger partial charge in [0.1, 0.15) is 0 Å². The largest absolute Gasteiger partial charge is 0.294 e. The fourth-order valence-corrected chi connectivity index (χ4v) is 5.05. The first-order valence-electron chi connectivity index (χ1n) is 10.0. The molecule has 2 saturated heterocycles. The molecule has 0 aliphatic carbocycles. The van der Waals surface area contributed by atoms with Crippen LogP contribution in [0.2, 0.25) is 0 Å². The van der Waals surface area contributed by atoms with Crippen LogP contribution in [-0.2, 0) is 6.54 Å². The average molecular weight is 348 g/mol. The molecule has 2 aliphatic rings. The third-order valence-electron chi connectivity index (χ3n) is 6.35. The van der Waals surface area contributed by atoms with Crippen molar-refractivity contribution in [2.75, 3.05) is 0 Å². The molecule has 2 aliphatic heterocycles. The highest BCUT2D eigenvalue weighted by molar-refractivity contribution is 5.99. The SMILES string of the molecule is Cc1ccc(C(=O)C2CC3CCCC(C2)N3Cc2ccccc2)c(C)c1. The first-order chi connectivity index (χ1) is 12.6. The van der Waals surface area contributed by atoms with E-state index in [1.807, 2.05) is 6.07 Å². The van der Waals surface area contributed by atoms with Gasteiger partial charge in [0, 0.05) is 30.1 Å². The number of nitrogens with zero attached hydrogens (tertiary/aromatic N) is 1. The molecule has 2 fully saturated rings. The molecule has 2 atom stereocenters. The lowest BCUT2D eigenvalue weighted by Gasteiger charge is -2.48. The smallest absolute Gasteiger partial charge is 0.166 e. The monoisotopic (exact) mass is 347 g/mol. The maximum absolute atomic E-state index is 13.2. The second kappa shape index (κ2) is 7.36. The van der Waals surface area contributed by atoms with Crippen molar-refractivity contribution in [2.45, 2.75) is 64.6 Å². The van der Waals surface area contributed by atoms with Gasteiger partial charge in [-0.05, 0) is 50.7 Å². The lowest BCUT2D eigenvalue weighted by Crippen LogP contribution is -2.52. The van der Waals surface area contributed by atoms with E-state index in [2.05, 4.69) is 61.2 Å². The number of carbonyl (C=O) groups is 1. The van der Waals surface area contributed by atoms with Gasteiger partial charge in [-0.1, -0.05) is 60.5 Å². The molecular formula is C24H29NO. The summed E-state index contributed by atoms with van der Waals surface area (Å²) in [5, 5.41) is 0. The third-order valence-corrected chi connectivity index (χ3v) is 6.35. The quantitative estimate of drug-likeness (QED) is 0.698. The molecule has 0 amide bonds. The summed E-state index contributed by atoms with van der Waals surface area (Å²) in [4.78, 5) is 15.9. The molecule has 0 radical (unpaired) electrons. The molecule has 2 bridgehead atoms. The molecule has 4 rings (SSSR count). The number of benzene rings is 2. The highest BCUT2D eigenvalue weighted by atomic mass is 16.1. The number of hydrogen-bond acceptors (Lipinski definition) is 2. The van der Waals surface area contributed by atoms with Crippen molar-refractivity contribution in [2.24, 2.45) is 5.92 Å². The molecule has 2 heterocycles. The van der Waals surface area contributed by atoms with Gasteiger partial charge in [-0.15, -0.1) is 0 Å². The average Bonchev–Trinajstić information content (AvgIpc) is 2.62. The van der Waals surface area contributed by atoms with Crippen molar-refractivity contribution in [3.05, 3.63) is 70.8 Å². The zero-order valence-electron chi connectivity index (χ0n) is 15.9. The summed E-state index contributed by atoms with van der Waals surface area (Å²) in [5.41, 5.74) is 4.69. The van der Waals surface area contributed by atoms with Crippen LogP contribution in [0.15, 0.2) is 48.5 Å². The van der Waals surface area contributed by atoms with Gasteiger partial charge in [-0.3, -0.25) is 9.69 Å². The molecule has 2 aromatic rings. The Balaban J connectivity index is 1.51. The van der Waals surface area contributed by atoms with E-state index in [4.69, 9.17) is 0 Å². The summed E-state index contributed by atoms with van der Waals surface area (Å²) in [7, 11) is 0. The molecular weight excluding hydrogens is 318 g/mol. The van der Waals surface area contributed by atoms with Gasteiger partial charge in [0.2, 0.25) is 0 Å². The number of piperidine rings is 2. The van der Waals surface area contributed by atoms with Crippen LogP contribution in [0.1, 0.15) is 59.2 Å². The lowest BCUT2D eigenvalue weighted by molar-refractivity contribution is 0.00904. The van der Waals surface area contributed by atoms with E-state index in [-0.39, 0.29) is 5.92 Å². The second-order valence-corrected chi connectivity index (χ2v) is 8.25. The first kappa shape index (κ1) is 17.5. The van der Waals surface area contributed by atoms with Gasteiger partial charge in [-0.25, -0.2) is 0 Å². The van der Waals surface area contributed by atoms with Gasteiger partial charge in [-0.2, -0.15) is 0 Å².